The predicted molar refractivity (Wildman–Crippen MR) is 79.4 cm³/mol. The standard InChI is InChI=1S/C15H10BrF2NO3/c16-9-6-8(7-12-14(9)22-5-4-21-12)15(20)19-11-3-1-2-10(17)13(11)18/h1-3,6-7H,4-5H2,(H,19,20). The maximum Gasteiger partial charge on any atom is 0.255 e. The van der Waals surface area contributed by atoms with Gasteiger partial charge in [0.05, 0.1) is 10.2 Å². The average Bonchev–Trinajstić information content (AvgIpc) is 2.52. The van der Waals surface area contributed by atoms with E-state index in [1.807, 2.05) is 0 Å². The zero-order valence-electron chi connectivity index (χ0n) is 11.2. The first kappa shape index (κ1) is 14.8. The summed E-state index contributed by atoms with van der Waals surface area (Å²) in [5.41, 5.74) is 0.01000. The van der Waals surface area contributed by atoms with Crippen molar-refractivity contribution in [3.8, 4) is 11.5 Å². The lowest BCUT2D eigenvalue weighted by Gasteiger charge is -2.20. The Morgan fingerprint density at radius 3 is 2.77 bits per heavy atom. The van der Waals surface area contributed by atoms with E-state index in [9.17, 15) is 13.6 Å². The second-order valence-electron chi connectivity index (χ2n) is 4.54. The fourth-order valence-corrected chi connectivity index (χ4v) is 2.59. The molecule has 0 spiro atoms. The molecule has 0 fully saturated rings. The number of anilines is 1. The van der Waals surface area contributed by atoms with Crippen molar-refractivity contribution in [1.82, 2.24) is 0 Å². The summed E-state index contributed by atoms with van der Waals surface area (Å²) >= 11 is 3.29. The summed E-state index contributed by atoms with van der Waals surface area (Å²) in [6.45, 7) is 0.800. The van der Waals surface area contributed by atoms with Crippen LogP contribution in [-0.4, -0.2) is 19.1 Å². The largest absolute Gasteiger partial charge is 0.486 e. The first-order valence-electron chi connectivity index (χ1n) is 6.41. The fourth-order valence-electron chi connectivity index (χ4n) is 2.04. The van der Waals surface area contributed by atoms with Crippen molar-refractivity contribution in [2.45, 2.75) is 0 Å². The molecule has 1 amide bonds. The Labute approximate surface area is 133 Å². The molecule has 1 heterocycles. The van der Waals surface area contributed by atoms with E-state index in [0.717, 1.165) is 6.07 Å². The van der Waals surface area contributed by atoms with Crippen LogP contribution in [0, 0.1) is 11.6 Å². The maximum atomic E-state index is 13.6. The smallest absolute Gasteiger partial charge is 0.255 e. The highest BCUT2D eigenvalue weighted by Gasteiger charge is 2.20. The highest BCUT2D eigenvalue weighted by molar-refractivity contribution is 9.10. The van der Waals surface area contributed by atoms with Crippen LogP contribution in [-0.2, 0) is 0 Å². The zero-order chi connectivity index (χ0) is 15.7. The minimum Gasteiger partial charge on any atom is -0.486 e. The van der Waals surface area contributed by atoms with Gasteiger partial charge in [0, 0.05) is 5.56 Å². The number of amides is 1. The van der Waals surface area contributed by atoms with Gasteiger partial charge in [-0.25, -0.2) is 8.78 Å². The molecule has 2 aromatic carbocycles. The molecule has 4 nitrogen and oxygen atoms in total. The van der Waals surface area contributed by atoms with Crippen LogP contribution < -0.4 is 14.8 Å². The van der Waals surface area contributed by atoms with Crippen LogP contribution in [0.1, 0.15) is 10.4 Å². The highest BCUT2D eigenvalue weighted by Crippen LogP contribution is 2.38. The predicted octanol–water partition coefficient (Wildman–Crippen LogP) is 3.75. The van der Waals surface area contributed by atoms with Gasteiger partial charge < -0.3 is 14.8 Å². The van der Waals surface area contributed by atoms with Crippen LogP contribution in [0.3, 0.4) is 0 Å². The van der Waals surface area contributed by atoms with E-state index >= 15 is 0 Å². The lowest BCUT2D eigenvalue weighted by atomic mass is 10.1. The minimum atomic E-state index is -1.10. The third kappa shape index (κ3) is 2.76. The summed E-state index contributed by atoms with van der Waals surface area (Å²) in [7, 11) is 0. The van der Waals surface area contributed by atoms with Crippen molar-refractivity contribution in [1.29, 1.82) is 0 Å². The van der Waals surface area contributed by atoms with E-state index in [1.165, 1.54) is 24.3 Å². The number of ether oxygens (including phenoxy) is 2. The molecule has 114 valence electrons. The van der Waals surface area contributed by atoms with E-state index in [4.69, 9.17) is 9.47 Å². The Hall–Kier alpha value is -2.15. The Balaban J connectivity index is 1.89. The number of benzene rings is 2. The quantitative estimate of drug-likeness (QED) is 0.876. The molecule has 22 heavy (non-hydrogen) atoms. The van der Waals surface area contributed by atoms with Gasteiger partial charge in [-0.2, -0.15) is 0 Å². The zero-order valence-corrected chi connectivity index (χ0v) is 12.7. The molecule has 2 aromatic rings. The van der Waals surface area contributed by atoms with Gasteiger partial charge in [-0.05, 0) is 40.2 Å². The van der Waals surface area contributed by atoms with E-state index in [2.05, 4.69) is 21.2 Å². The first-order chi connectivity index (χ1) is 10.6. The van der Waals surface area contributed by atoms with Gasteiger partial charge in [0.1, 0.15) is 13.2 Å². The molecule has 0 unspecified atom stereocenters. The van der Waals surface area contributed by atoms with E-state index in [1.54, 1.807) is 0 Å². The highest BCUT2D eigenvalue weighted by atomic mass is 79.9. The molecule has 7 heteroatoms. The molecular weight excluding hydrogens is 360 g/mol. The van der Waals surface area contributed by atoms with Crippen molar-refractivity contribution < 1.29 is 23.0 Å². The Bertz CT molecular complexity index is 752. The topological polar surface area (TPSA) is 47.6 Å². The molecule has 3 rings (SSSR count). The third-order valence-electron chi connectivity index (χ3n) is 3.06. The van der Waals surface area contributed by atoms with Crippen LogP contribution in [0.5, 0.6) is 11.5 Å². The number of carbonyl (C=O) groups is 1. The number of carbonyl (C=O) groups excluding carboxylic acids is 1. The normalized spacial score (nSPS) is 12.9. The second-order valence-corrected chi connectivity index (χ2v) is 5.39. The van der Waals surface area contributed by atoms with Crippen molar-refractivity contribution in [2.75, 3.05) is 18.5 Å². The third-order valence-corrected chi connectivity index (χ3v) is 3.65. The molecule has 0 radical (unpaired) electrons. The summed E-state index contributed by atoms with van der Waals surface area (Å²) in [6.07, 6.45) is 0. The molecular formula is C15H10BrF2NO3. The van der Waals surface area contributed by atoms with Gasteiger partial charge in [-0.1, -0.05) is 6.07 Å². The lowest BCUT2D eigenvalue weighted by molar-refractivity contribution is 0.102. The molecule has 0 aliphatic carbocycles. The van der Waals surface area contributed by atoms with Gasteiger partial charge in [-0.15, -0.1) is 0 Å². The summed E-state index contributed by atoms with van der Waals surface area (Å²) in [6, 6.07) is 6.59. The molecule has 0 saturated carbocycles. The second kappa shape index (κ2) is 5.92. The Morgan fingerprint density at radius 2 is 1.95 bits per heavy atom. The molecule has 1 aliphatic rings. The molecule has 0 atom stereocenters. The van der Waals surface area contributed by atoms with Crippen molar-refractivity contribution >= 4 is 27.5 Å². The van der Waals surface area contributed by atoms with Crippen LogP contribution in [0.15, 0.2) is 34.8 Å². The van der Waals surface area contributed by atoms with E-state index < -0.39 is 17.5 Å². The summed E-state index contributed by atoms with van der Waals surface area (Å²) in [5.74, 6) is -1.78. The van der Waals surface area contributed by atoms with Gasteiger partial charge >= 0.3 is 0 Å². The average molecular weight is 370 g/mol. The minimum absolute atomic E-state index is 0.226. The number of halogens is 3. The number of fused-ring (bicyclic) bond motifs is 1. The van der Waals surface area contributed by atoms with Crippen molar-refractivity contribution in [2.24, 2.45) is 0 Å². The van der Waals surface area contributed by atoms with Gasteiger partial charge in [-0.3, -0.25) is 4.79 Å². The number of hydrogen-bond donors (Lipinski definition) is 1. The number of nitrogens with one attached hydrogen (secondary N) is 1. The SMILES string of the molecule is O=C(Nc1cccc(F)c1F)c1cc(Br)c2c(c1)OCCO2. The summed E-state index contributed by atoms with van der Waals surface area (Å²) < 4.78 is 38.1. The Morgan fingerprint density at radius 1 is 1.18 bits per heavy atom. The van der Waals surface area contributed by atoms with E-state index in [0.29, 0.717) is 29.2 Å². The van der Waals surface area contributed by atoms with Gasteiger partial charge in [0.25, 0.3) is 5.91 Å². The van der Waals surface area contributed by atoms with Crippen LogP contribution >= 0.6 is 15.9 Å². The van der Waals surface area contributed by atoms with Crippen LogP contribution in [0.25, 0.3) is 0 Å². The van der Waals surface area contributed by atoms with Crippen molar-refractivity contribution in [3.63, 3.8) is 0 Å². The molecule has 0 saturated heterocycles. The number of hydrogen-bond acceptors (Lipinski definition) is 3. The molecule has 0 aromatic heterocycles. The summed E-state index contributed by atoms with van der Waals surface area (Å²) in [5, 5.41) is 2.33. The van der Waals surface area contributed by atoms with Gasteiger partial charge in [0.15, 0.2) is 23.1 Å². The fraction of sp³-hybridized carbons (Fsp3) is 0.133. The molecule has 0 bridgehead atoms. The number of rotatable bonds is 2. The first-order valence-corrected chi connectivity index (χ1v) is 7.20. The van der Waals surface area contributed by atoms with Crippen LogP contribution in [0.2, 0.25) is 0 Å². The monoisotopic (exact) mass is 369 g/mol. The molecule has 1 N–H and O–H groups in total. The van der Waals surface area contributed by atoms with Crippen molar-refractivity contribution in [3.05, 3.63) is 52.0 Å². The van der Waals surface area contributed by atoms with Crippen LogP contribution in [0.4, 0.5) is 14.5 Å². The maximum absolute atomic E-state index is 13.6. The summed E-state index contributed by atoms with van der Waals surface area (Å²) in [4.78, 5) is 12.2. The van der Waals surface area contributed by atoms with E-state index in [-0.39, 0.29) is 11.3 Å². The Kier molecular flexibility index (Phi) is 3.98. The molecule has 1 aliphatic heterocycles. The van der Waals surface area contributed by atoms with Gasteiger partial charge in [0.2, 0.25) is 0 Å². The lowest BCUT2D eigenvalue weighted by Crippen LogP contribution is -2.18.